The van der Waals surface area contributed by atoms with Gasteiger partial charge >= 0.3 is 0 Å². The van der Waals surface area contributed by atoms with Gasteiger partial charge < -0.3 is 5.32 Å². The highest BCUT2D eigenvalue weighted by atomic mass is 19.1. The molecule has 1 fully saturated rings. The lowest BCUT2D eigenvalue weighted by atomic mass is 10.2. The molecule has 1 saturated carbocycles. The summed E-state index contributed by atoms with van der Waals surface area (Å²) in [5, 5.41) is 7.11. The highest BCUT2D eigenvalue weighted by Crippen LogP contribution is 2.41. The van der Waals surface area contributed by atoms with Gasteiger partial charge in [-0.05, 0) is 51.0 Å². The summed E-state index contributed by atoms with van der Waals surface area (Å²) < 4.78 is 16.4. The van der Waals surface area contributed by atoms with E-state index in [2.05, 4.69) is 20.4 Å². The standard InChI is InChI=1S/C19H18FN5O/c1-11-7-18(13-3-4-13)25(24-11)17-6-5-14(8-16(17)20)23-19(26)15-9-21-10-22-12(15)2/h5-10,13H,3-4H2,1-2H3,(H,23,26). The van der Waals surface area contributed by atoms with Crippen LogP contribution in [-0.4, -0.2) is 25.7 Å². The Hall–Kier alpha value is -3.09. The maximum Gasteiger partial charge on any atom is 0.259 e. The van der Waals surface area contributed by atoms with Crippen molar-refractivity contribution >= 4 is 11.6 Å². The number of carbonyl (C=O) groups excluding carboxylic acids is 1. The molecule has 26 heavy (non-hydrogen) atoms. The van der Waals surface area contributed by atoms with E-state index in [1.54, 1.807) is 23.7 Å². The van der Waals surface area contributed by atoms with Crippen LogP contribution in [-0.2, 0) is 0 Å². The topological polar surface area (TPSA) is 72.7 Å². The first-order valence-electron chi connectivity index (χ1n) is 8.47. The number of hydrogen-bond donors (Lipinski definition) is 1. The van der Waals surface area contributed by atoms with Crippen LogP contribution < -0.4 is 5.32 Å². The minimum Gasteiger partial charge on any atom is -0.322 e. The third-order valence-electron chi connectivity index (χ3n) is 4.44. The molecule has 0 spiro atoms. The van der Waals surface area contributed by atoms with Gasteiger partial charge in [-0.25, -0.2) is 19.0 Å². The van der Waals surface area contributed by atoms with E-state index in [0.29, 0.717) is 28.6 Å². The van der Waals surface area contributed by atoms with Crippen molar-refractivity contribution in [3.05, 3.63) is 65.3 Å². The van der Waals surface area contributed by atoms with Crippen molar-refractivity contribution in [3.8, 4) is 5.69 Å². The van der Waals surface area contributed by atoms with Gasteiger partial charge in [-0.3, -0.25) is 4.79 Å². The number of nitrogens with one attached hydrogen (secondary N) is 1. The van der Waals surface area contributed by atoms with Crippen LogP contribution in [0.15, 0.2) is 36.8 Å². The van der Waals surface area contributed by atoms with Gasteiger partial charge in [0.2, 0.25) is 0 Å². The molecule has 132 valence electrons. The summed E-state index contributed by atoms with van der Waals surface area (Å²) in [6.45, 7) is 3.62. The summed E-state index contributed by atoms with van der Waals surface area (Å²) in [6, 6.07) is 6.62. The van der Waals surface area contributed by atoms with Gasteiger partial charge in [0.25, 0.3) is 5.91 Å². The number of aryl methyl sites for hydroxylation is 2. The van der Waals surface area contributed by atoms with E-state index in [1.807, 2.05) is 13.0 Å². The highest BCUT2D eigenvalue weighted by Gasteiger charge is 2.28. The first kappa shape index (κ1) is 16.4. The Balaban J connectivity index is 1.61. The van der Waals surface area contributed by atoms with Crippen molar-refractivity contribution in [2.75, 3.05) is 5.32 Å². The van der Waals surface area contributed by atoms with Gasteiger partial charge in [-0.1, -0.05) is 0 Å². The second kappa shape index (κ2) is 6.33. The SMILES string of the molecule is Cc1cc(C2CC2)n(-c2ccc(NC(=O)c3cncnc3C)cc2F)n1. The van der Waals surface area contributed by atoms with Crippen LogP contribution in [0.25, 0.3) is 5.69 Å². The number of halogens is 1. The molecular weight excluding hydrogens is 333 g/mol. The Kier molecular flexibility index (Phi) is 3.99. The van der Waals surface area contributed by atoms with Crippen molar-refractivity contribution in [1.29, 1.82) is 0 Å². The minimum absolute atomic E-state index is 0.357. The maximum atomic E-state index is 14.7. The predicted octanol–water partition coefficient (Wildman–Crippen LogP) is 3.55. The Morgan fingerprint density at radius 1 is 1.27 bits per heavy atom. The fraction of sp³-hybridized carbons (Fsp3) is 0.263. The summed E-state index contributed by atoms with van der Waals surface area (Å²) in [4.78, 5) is 20.2. The van der Waals surface area contributed by atoms with E-state index in [4.69, 9.17) is 0 Å². The number of carbonyl (C=O) groups is 1. The Bertz CT molecular complexity index is 993. The molecule has 1 aromatic carbocycles. The lowest BCUT2D eigenvalue weighted by molar-refractivity contribution is 0.102. The van der Waals surface area contributed by atoms with Gasteiger partial charge in [0.15, 0.2) is 5.82 Å². The average Bonchev–Trinajstić information content (AvgIpc) is 3.38. The van der Waals surface area contributed by atoms with Gasteiger partial charge in [-0.15, -0.1) is 0 Å². The van der Waals surface area contributed by atoms with Gasteiger partial charge in [0, 0.05) is 23.5 Å². The van der Waals surface area contributed by atoms with E-state index in [9.17, 15) is 9.18 Å². The molecule has 4 rings (SSSR count). The Morgan fingerprint density at radius 2 is 2.08 bits per heavy atom. The van der Waals surface area contributed by atoms with E-state index >= 15 is 0 Å². The van der Waals surface area contributed by atoms with Crippen LogP contribution in [0.4, 0.5) is 10.1 Å². The molecule has 1 aliphatic rings. The van der Waals surface area contributed by atoms with Crippen LogP contribution in [0, 0.1) is 19.7 Å². The van der Waals surface area contributed by atoms with Crippen molar-refractivity contribution in [1.82, 2.24) is 19.7 Å². The molecule has 0 radical (unpaired) electrons. The first-order valence-corrected chi connectivity index (χ1v) is 8.47. The molecule has 0 aliphatic heterocycles. The van der Waals surface area contributed by atoms with Crippen molar-refractivity contribution in [2.24, 2.45) is 0 Å². The molecule has 0 saturated heterocycles. The summed E-state index contributed by atoms with van der Waals surface area (Å²) >= 11 is 0. The molecule has 1 N–H and O–H groups in total. The number of amides is 1. The van der Waals surface area contributed by atoms with Crippen molar-refractivity contribution in [2.45, 2.75) is 32.6 Å². The number of nitrogens with zero attached hydrogens (tertiary/aromatic N) is 4. The van der Waals surface area contributed by atoms with Crippen LogP contribution in [0.5, 0.6) is 0 Å². The van der Waals surface area contributed by atoms with E-state index in [0.717, 1.165) is 24.2 Å². The van der Waals surface area contributed by atoms with Crippen LogP contribution in [0.2, 0.25) is 0 Å². The van der Waals surface area contributed by atoms with Gasteiger partial charge in [-0.2, -0.15) is 5.10 Å². The van der Waals surface area contributed by atoms with E-state index in [1.165, 1.54) is 18.6 Å². The number of anilines is 1. The predicted molar refractivity (Wildman–Crippen MR) is 95.0 cm³/mol. The second-order valence-corrected chi connectivity index (χ2v) is 6.54. The van der Waals surface area contributed by atoms with Crippen LogP contribution in [0.1, 0.15) is 46.2 Å². The number of benzene rings is 1. The molecule has 1 amide bonds. The monoisotopic (exact) mass is 351 g/mol. The Labute approximate surface area is 150 Å². The summed E-state index contributed by atoms with van der Waals surface area (Å²) in [5.74, 6) is -0.353. The van der Waals surface area contributed by atoms with Crippen LogP contribution >= 0.6 is 0 Å². The molecule has 2 aromatic heterocycles. The summed E-state index contributed by atoms with van der Waals surface area (Å²) in [5.41, 5.74) is 3.58. The number of rotatable bonds is 4. The molecule has 0 bridgehead atoms. The van der Waals surface area contributed by atoms with Gasteiger partial charge in [0.1, 0.15) is 12.0 Å². The van der Waals surface area contributed by atoms with Gasteiger partial charge in [0.05, 0.1) is 17.0 Å². The molecule has 7 heteroatoms. The molecular formula is C19H18FN5O. The van der Waals surface area contributed by atoms with Crippen molar-refractivity contribution < 1.29 is 9.18 Å². The molecule has 1 aliphatic carbocycles. The Morgan fingerprint density at radius 3 is 2.77 bits per heavy atom. The normalized spacial score (nSPS) is 13.7. The minimum atomic E-state index is -0.436. The number of aromatic nitrogens is 4. The zero-order valence-corrected chi connectivity index (χ0v) is 14.5. The lowest BCUT2D eigenvalue weighted by Gasteiger charge is -2.11. The van der Waals surface area contributed by atoms with E-state index in [-0.39, 0.29) is 5.91 Å². The summed E-state index contributed by atoms with van der Waals surface area (Å²) in [6.07, 6.45) is 5.04. The number of hydrogen-bond acceptors (Lipinski definition) is 4. The largest absolute Gasteiger partial charge is 0.322 e. The second-order valence-electron chi connectivity index (χ2n) is 6.54. The quantitative estimate of drug-likeness (QED) is 0.780. The third-order valence-corrected chi connectivity index (χ3v) is 4.44. The molecule has 0 unspecified atom stereocenters. The summed E-state index contributed by atoms with van der Waals surface area (Å²) in [7, 11) is 0. The van der Waals surface area contributed by atoms with Crippen LogP contribution in [0.3, 0.4) is 0 Å². The molecule has 0 atom stereocenters. The van der Waals surface area contributed by atoms with E-state index < -0.39 is 5.82 Å². The lowest BCUT2D eigenvalue weighted by Crippen LogP contribution is -2.15. The van der Waals surface area contributed by atoms with Crippen molar-refractivity contribution in [3.63, 3.8) is 0 Å². The fourth-order valence-electron chi connectivity index (χ4n) is 2.95. The highest BCUT2D eigenvalue weighted by molar-refractivity contribution is 6.04. The maximum absolute atomic E-state index is 14.7. The average molecular weight is 351 g/mol. The third kappa shape index (κ3) is 3.08. The zero-order chi connectivity index (χ0) is 18.3. The molecule has 3 aromatic rings. The molecule has 6 nitrogen and oxygen atoms in total. The molecule has 2 heterocycles. The fourth-order valence-corrected chi connectivity index (χ4v) is 2.95. The zero-order valence-electron chi connectivity index (χ0n) is 14.5. The smallest absolute Gasteiger partial charge is 0.259 e. The first-order chi connectivity index (χ1) is 12.5.